The largest absolute Gasteiger partial charge is 0.393 e. The van der Waals surface area contributed by atoms with Gasteiger partial charge in [0.2, 0.25) is 0 Å². The summed E-state index contributed by atoms with van der Waals surface area (Å²) in [5.74, 6) is 1.38. The minimum atomic E-state index is -0.205. The lowest BCUT2D eigenvalue weighted by Crippen LogP contribution is -2.35. The van der Waals surface area contributed by atoms with E-state index in [9.17, 15) is 10.2 Å². The van der Waals surface area contributed by atoms with Crippen molar-refractivity contribution in [3.63, 3.8) is 0 Å². The van der Waals surface area contributed by atoms with Crippen LogP contribution in [0, 0.1) is 17.8 Å². The molecule has 2 rings (SSSR count). The Morgan fingerprint density at radius 1 is 0.952 bits per heavy atom. The second-order valence-corrected chi connectivity index (χ2v) is 5.94. The summed E-state index contributed by atoms with van der Waals surface area (Å²) < 4.78 is 10.3. The molecule has 4 atom stereocenters. The lowest BCUT2D eigenvalue weighted by Gasteiger charge is -2.30. The minimum absolute atomic E-state index is 0.131. The van der Waals surface area contributed by atoms with Gasteiger partial charge in [0.05, 0.1) is 25.4 Å². The Hall–Kier alpha value is -0.160. The third-order valence-corrected chi connectivity index (χ3v) is 4.21. The van der Waals surface area contributed by atoms with Crippen LogP contribution in [0.5, 0.6) is 0 Å². The first-order valence-electron chi connectivity index (χ1n) is 8.57. The fourth-order valence-electron chi connectivity index (χ4n) is 2.63. The van der Waals surface area contributed by atoms with E-state index < -0.39 is 0 Å². The van der Waals surface area contributed by atoms with Gasteiger partial charge in [-0.3, -0.25) is 0 Å². The lowest BCUT2D eigenvalue weighted by atomic mass is 9.88. The highest BCUT2D eigenvalue weighted by atomic mass is 16.5. The molecule has 0 aromatic carbocycles. The van der Waals surface area contributed by atoms with Gasteiger partial charge in [-0.15, -0.1) is 0 Å². The van der Waals surface area contributed by atoms with Crippen LogP contribution in [-0.4, -0.2) is 48.8 Å². The third kappa shape index (κ3) is 8.15. The molecule has 0 amide bonds. The Bertz CT molecular complexity index is 233. The average molecular weight is 304 g/mol. The van der Waals surface area contributed by atoms with Crippen LogP contribution in [0.3, 0.4) is 0 Å². The van der Waals surface area contributed by atoms with E-state index in [1.54, 1.807) is 0 Å². The van der Waals surface area contributed by atoms with E-state index in [0.717, 1.165) is 39.1 Å². The molecule has 128 valence electrons. The Labute approximate surface area is 130 Å². The van der Waals surface area contributed by atoms with Crippen LogP contribution >= 0.6 is 0 Å². The Kier molecular flexibility index (Phi) is 12.3. The van der Waals surface area contributed by atoms with Gasteiger partial charge in [0.15, 0.2) is 0 Å². The molecule has 2 aliphatic heterocycles. The predicted molar refractivity (Wildman–Crippen MR) is 86.3 cm³/mol. The first-order valence-corrected chi connectivity index (χ1v) is 8.57. The van der Waals surface area contributed by atoms with Crippen molar-refractivity contribution in [2.24, 2.45) is 17.8 Å². The number of ether oxygens (including phenoxy) is 2. The maximum absolute atomic E-state index is 9.46. The first-order chi connectivity index (χ1) is 10.1. The summed E-state index contributed by atoms with van der Waals surface area (Å²) in [5.41, 5.74) is 0. The smallest absolute Gasteiger partial charge is 0.0802 e. The molecule has 0 bridgehead atoms. The Morgan fingerprint density at radius 2 is 1.52 bits per heavy atom. The van der Waals surface area contributed by atoms with E-state index in [-0.39, 0.29) is 12.2 Å². The molecular formula is C17H36O4. The Balaban J connectivity index is 0.000000342. The molecule has 2 fully saturated rings. The second-order valence-electron chi connectivity index (χ2n) is 5.94. The van der Waals surface area contributed by atoms with E-state index in [1.165, 1.54) is 0 Å². The highest BCUT2D eigenvalue weighted by molar-refractivity contribution is 4.74. The molecule has 4 unspecified atom stereocenters. The summed E-state index contributed by atoms with van der Waals surface area (Å²) in [6.45, 7) is 13.2. The molecule has 0 spiro atoms. The molecule has 4 nitrogen and oxygen atoms in total. The van der Waals surface area contributed by atoms with Crippen molar-refractivity contribution in [2.45, 2.75) is 66.1 Å². The molecular weight excluding hydrogens is 268 g/mol. The zero-order valence-electron chi connectivity index (χ0n) is 14.5. The highest BCUT2D eigenvalue weighted by Crippen LogP contribution is 2.21. The maximum atomic E-state index is 9.46. The summed E-state index contributed by atoms with van der Waals surface area (Å²) >= 11 is 0. The quantitative estimate of drug-likeness (QED) is 0.823. The Morgan fingerprint density at radius 3 is 1.90 bits per heavy atom. The van der Waals surface area contributed by atoms with Crippen LogP contribution in [0.15, 0.2) is 0 Å². The SMILES string of the molecule is CC.CC(C)C1COCCC1O.CCC1CCOCC1O. The summed E-state index contributed by atoms with van der Waals surface area (Å²) in [4.78, 5) is 0. The van der Waals surface area contributed by atoms with E-state index in [2.05, 4.69) is 20.8 Å². The van der Waals surface area contributed by atoms with Gasteiger partial charge < -0.3 is 19.7 Å². The molecule has 0 aromatic heterocycles. The van der Waals surface area contributed by atoms with E-state index in [0.29, 0.717) is 24.4 Å². The molecule has 2 heterocycles. The standard InChI is InChI=1S/C8H16O2.C7H14O2.C2H6/c1-6(2)7-5-10-4-3-8(7)9;1-2-6-3-4-9-5-7(6)8;1-2/h6-9H,3-5H2,1-2H3;6-8H,2-5H2,1H3;1-2H3. The van der Waals surface area contributed by atoms with Crippen molar-refractivity contribution in [1.29, 1.82) is 0 Å². The van der Waals surface area contributed by atoms with Gasteiger partial charge in [0.25, 0.3) is 0 Å². The average Bonchev–Trinajstić information content (AvgIpc) is 2.50. The van der Waals surface area contributed by atoms with Crippen molar-refractivity contribution in [3.8, 4) is 0 Å². The molecule has 2 N–H and O–H groups in total. The molecule has 2 aliphatic rings. The van der Waals surface area contributed by atoms with Crippen LogP contribution in [0.4, 0.5) is 0 Å². The highest BCUT2D eigenvalue weighted by Gasteiger charge is 2.25. The fourth-order valence-corrected chi connectivity index (χ4v) is 2.63. The molecule has 2 saturated heterocycles. The van der Waals surface area contributed by atoms with Crippen molar-refractivity contribution in [2.75, 3.05) is 26.4 Å². The van der Waals surface area contributed by atoms with E-state index in [1.807, 2.05) is 13.8 Å². The van der Waals surface area contributed by atoms with E-state index >= 15 is 0 Å². The van der Waals surface area contributed by atoms with Gasteiger partial charge in [0.1, 0.15) is 0 Å². The molecule has 0 saturated carbocycles. The predicted octanol–water partition coefficient (Wildman–Crippen LogP) is 2.86. The van der Waals surface area contributed by atoms with Crippen LogP contribution < -0.4 is 0 Å². The van der Waals surface area contributed by atoms with Crippen molar-refractivity contribution in [3.05, 3.63) is 0 Å². The van der Waals surface area contributed by atoms with Crippen molar-refractivity contribution >= 4 is 0 Å². The summed E-state index contributed by atoms with van der Waals surface area (Å²) in [7, 11) is 0. The number of aliphatic hydroxyl groups excluding tert-OH is 2. The number of hydrogen-bond donors (Lipinski definition) is 2. The molecule has 0 radical (unpaired) electrons. The first kappa shape index (κ1) is 20.8. The maximum Gasteiger partial charge on any atom is 0.0802 e. The van der Waals surface area contributed by atoms with Crippen LogP contribution in [-0.2, 0) is 9.47 Å². The third-order valence-electron chi connectivity index (χ3n) is 4.21. The van der Waals surface area contributed by atoms with Crippen LogP contribution in [0.2, 0.25) is 0 Å². The fraction of sp³-hybridized carbons (Fsp3) is 1.00. The topological polar surface area (TPSA) is 58.9 Å². The van der Waals surface area contributed by atoms with Gasteiger partial charge in [-0.2, -0.15) is 0 Å². The summed E-state index contributed by atoms with van der Waals surface area (Å²) in [6, 6.07) is 0. The molecule has 0 aromatic rings. The lowest BCUT2D eigenvalue weighted by molar-refractivity contribution is -0.0519. The molecule has 0 aliphatic carbocycles. The number of rotatable bonds is 2. The summed E-state index contributed by atoms with van der Waals surface area (Å²) in [6.07, 6.45) is 2.57. The molecule has 4 heteroatoms. The zero-order valence-corrected chi connectivity index (χ0v) is 14.5. The van der Waals surface area contributed by atoms with Gasteiger partial charge in [-0.1, -0.05) is 41.0 Å². The van der Waals surface area contributed by atoms with Crippen LogP contribution in [0.25, 0.3) is 0 Å². The van der Waals surface area contributed by atoms with Gasteiger partial charge >= 0.3 is 0 Å². The van der Waals surface area contributed by atoms with Gasteiger partial charge in [0, 0.05) is 19.1 Å². The molecule has 21 heavy (non-hydrogen) atoms. The van der Waals surface area contributed by atoms with Crippen molar-refractivity contribution in [1.82, 2.24) is 0 Å². The minimum Gasteiger partial charge on any atom is -0.393 e. The van der Waals surface area contributed by atoms with E-state index in [4.69, 9.17) is 9.47 Å². The second kappa shape index (κ2) is 12.4. The van der Waals surface area contributed by atoms with Crippen molar-refractivity contribution < 1.29 is 19.7 Å². The monoisotopic (exact) mass is 304 g/mol. The van der Waals surface area contributed by atoms with Gasteiger partial charge in [-0.05, 0) is 24.7 Å². The summed E-state index contributed by atoms with van der Waals surface area (Å²) in [5, 5.41) is 18.7. The van der Waals surface area contributed by atoms with Crippen LogP contribution in [0.1, 0.15) is 53.9 Å². The van der Waals surface area contributed by atoms with Gasteiger partial charge in [-0.25, -0.2) is 0 Å². The normalized spacial score (nSPS) is 32.6. The number of hydrogen-bond acceptors (Lipinski definition) is 4. The zero-order chi connectivity index (χ0) is 16.3. The number of aliphatic hydroxyl groups is 2.